The highest BCUT2D eigenvalue weighted by molar-refractivity contribution is 5.81. The van der Waals surface area contributed by atoms with Gasteiger partial charge in [0.05, 0.1) is 13.2 Å². The molecule has 0 aliphatic rings. The van der Waals surface area contributed by atoms with Crippen LogP contribution in [0.1, 0.15) is 12.0 Å². The minimum atomic E-state index is -0.504. The van der Waals surface area contributed by atoms with E-state index in [4.69, 9.17) is 15.2 Å². The van der Waals surface area contributed by atoms with Crippen molar-refractivity contribution in [1.82, 2.24) is 5.32 Å². The fraction of sp³-hybridized carbons (Fsp3) is 0.500. The Morgan fingerprint density at radius 2 is 2.00 bits per heavy atom. The number of methoxy groups -OCH3 is 2. The predicted octanol–water partition coefficient (Wildman–Crippen LogP) is 0.718. The number of benzene rings is 1. The second kappa shape index (κ2) is 8.50. The van der Waals surface area contributed by atoms with Crippen LogP contribution in [-0.4, -0.2) is 39.3 Å². The molecule has 1 atom stereocenters. The van der Waals surface area contributed by atoms with Crippen LogP contribution < -0.4 is 15.8 Å². The highest BCUT2D eigenvalue weighted by Gasteiger charge is 2.11. The van der Waals surface area contributed by atoms with Gasteiger partial charge in [0.1, 0.15) is 5.75 Å². The first kappa shape index (κ1) is 15.5. The first-order valence-electron chi connectivity index (χ1n) is 6.32. The Balaban J connectivity index is 2.27. The molecule has 0 fully saturated rings. The zero-order valence-corrected chi connectivity index (χ0v) is 11.5. The predicted molar refractivity (Wildman–Crippen MR) is 74.2 cm³/mol. The molecular weight excluding hydrogens is 244 g/mol. The van der Waals surface area contributed by atoms with E-state index in [0.717, 1.165) is 17.7 Å². The monoisotopic (exact) mass is 266 g/mol. The molecule has 0 saturated heterocycles. The van der Waals surface area contributed by atoms with Crippen molar-refractivity contribution in [3.63, 3.8) is 0 Å². The summed E-state index contributed by atoms with van der Waals surface area (Å²) in [5.74, 6) is 0.694. The van der Waals surface area contributed by atoms with E-state index in [0.29, 0.717) is 19.6 Å². The van der Waals surface area contributed by atoms with Crippen LogP contribution in [0.3, 0.4) is 0 Å². The van der Waals surface area contributed by atoms with Crippen molar-refractivity contribution in [2.75, 3.05) is 27.4 Å². The van der Waals surface area contributed by atoms with Crippen molar-refractivity contribution in [2.24, 2.45) is 5.73 Å². The number of hydrogen-bond acceptors (Lipinski definition) is 4. The lowest BCUT2D eigenvalue weighted by Gasteiger charge is -2.11. The van der Waals surface area contributed by atoms with Crippen molar-refractivity contribution in [2.45, 2.75) is 18.9 Å². The summed E-state index contributed by atoms with van der Waals surface area (Å²) in [6.07, 6.45) is 1.30. The zero-order chi connectivity index (χ0) is 14.1. The molecule has 0 aromatic heterocycles. The largest absolute Gasteiger partial charge is 0.497 e. The molecule has 0 heterocycles. The number of nitrogens with two attached hydrogens (primary N) is 1. The fourth-order valence-corrected chi connectivity index (χ4v) is 1.63. The maximum absolute atomic E-state index is 11.6. The van der Waals surface area contributed by atoms with Gasteiger partial charge in [0.25, 0.3) is 0 Å². The smallest absolute Gasteiger partial charge is 0.237 e. The SMILES string of the molecule is COCCC(N)C(=O)NCCc1ccc(OC)cc1. The summed E-state index contributed by atoms with van der Waals surface area (Å²) in [5, 5.41) is 2.82. The number of nitrogens with one attached hydrogen (secondary N) is 1. The van der Waals surface area contributed by atoms with E-state index in [2.05, 4.69) is 5.32 Å². The highest BCUT2D eigenvalue weighted by Crippen LogP contribution is 2.11. The molecule has 3 N–H and O–H groups in total. The molecule has 1 aromatic carbocycles. The van der Waals surface area contributed by atoms with Gasteiger partial charge in [-0.25, -0.2) is 0 Å². The Morgan fingerprint density at radius 1 is 1.32 bits per heavy atom. The topological polar surface area (TPSA) is 73.6 Å². The zero-order valence-electron chi connectivity index (χ0n) is 11.5. The van der Waals surface area contributed by atoms with Gasteiger partial charge in [-0.15, -0.1) is 0 Å². The van der Waals surface area contributed by atoms with Crippen LogP contribution in [0.5, 0.6) is 5.75 Å². The van der Waals surface area contributed by atoms with Crippen LogP contribution in [0, 0.1) is 0 Å². The third kappa shape index (κ3) is 5.72. The molecule has 0 saturated carbocycles. The molecule has 0 aliphatic heterocycles. The molecular formula is C14H22N2O3. The van der Waals surface area contributed by atoms with Crippen molar-refractivity contribution in [1.29, 1.82) is 0 Å². The van der Waals surface area contributed by atoms with Crippen LogP contribution in [-0.2, 0) is 16.0 Å². The van der Waals surface area contributed by atoms with Gasteiger partial charge in [-0.3, -0.25) is 4.79 Å². The summed E-state index contributed by atoms with van der Waals surface area (Å²) in [4.78, 5) is 11.6. The van der Waals surface area contributed by atoms with E-state index in [-0.39, 0.29) is 5.91 Å². The van der Waals surface area contributed by atoms with Gasteiger partial charge in [0.15, 0.2) is 0 Å². The first-order valence-corrected chi connectivity index (χ1v) is 6.32. The molecule has 5 heteroatoms. The fourth-order valence-electron chi connectivity index (χ4n) is 1.63. The Morgan fingerprint density at radius 3 is 2.58 bits per heavy atom. The van der Waals surface area contributed by atoms with Crippen LogP contribution >= 0.6 is 0 Å². The normalized spacial score (nSPS) is 11.9. The van der Waals surface area contributed by atoms with E-state index in [1.165, 1.54) is 0 Å². The number of carbonyl (C=O) groups is 1. The van der Waals surface area contributed by atoms with Gasteiger partial charge in [0.2, 0.25) is 5.91 Å². The van der Waals surface area contributed by atoms with Crippen molar-refractivity contribution in [3.8, 4) is 5.75 Å². The minimum Gasteiger partial charge on any atom is -0.497 e. The van der Waals surface area contributed by atoms with Crippen LogP contribution in [0.4, 0.5) is 0 Å². The van der Waals surface area contributed by atoms with Gasteiger partial charge in [-0.05, 0) is 30.5 Å². The molecule has 0 aliphatic carbocycles. The summed E-state index contributed by atoms with van der Waals surface area (Å²) < 4.78 is 9.97. The number of hydrogen-bond donors (Lipinski definition) is 2. The van der Waals surface area contributed by atoms with E-state index in [1.54, 1.807) is 14.2 Å². The molecule has 19 heavy (non-hydrogen) atoms. The number of rotatable bonds is 8. The molecule has 1 rings (SSSR count). The molecule has 1 amide bonds. The lowest BCUT2D eigenvalue weighted by atomic mass is 10.1. The summed E-state index contributed by atoms with van der Waals surface area (Å²) in [6.45, 7) is 1.07. The molecule has 5 nitrogen and oxygen atoms in total. The van der Waals surface area contributed by atoms with Gasteiger partial charge in [-0.2, -0.15) is 0 Å². The third-order valence-corrected chi connectivity index (χ3v) is 2.84. The summed E-state index contributed by atoms with van der Waals surface area (Å²) in [7, 11) is 3.23. The number of amides is 1. The Labute approximate surface area is 114 Å². The molecule has 0 spiro atoms. The van der Waals surface area contributed by atoms with Crippen LogP contribution in [0.2, 0.25) is 0 Å². The lowest BCUT2D eigenvalue weighted by molar-refractivity contribution is -0.122. The maximum Gasteiger partial charge on any atom is 0.237 e. The Hall–Kier alpha value is -1.59. The van der Waals surface area contributed by atoms with E-state index < -0.39 is 6.04 Å². The van der Waals surface area contributed by atoms with E-state index in [9.17, 15) is 4.79 Å². The molecule has 1 unspecified atom stereocenters. The first-order chi connectivity index (χ1) is 9.17. The van der Waals surface area contributed by atoms with Gasteiger partial charge < -0.3 is 20.5 Å². The van der Waals surface area contributed by atoms with Crippen molar-refractivity contribution >= 4 is 5.91 Å². The average molecular weight is 266 g/mol. The molecule has 106 valence electrons. The molecule has 0 bridgehead atoms. The van der Waals surface area contributed by atoms with Crippen molar-refractivity contribution in [3.05, 3.63) is 29.8 Å². The van der Waals surface area contributed by atoms with Gasteiger partial charge in [-0.1, -0.05) is 12.1 Å². The van der Waals surface area contributed by atoms with Crippen molar-refractivity contribution < 1.29 is 14.3 Å². The minimum absolute atomic E-state index is 0.134. The standard InChI is InChI=1S/C14H22N2O3/c1-18-10-8-13(15)14(17)16-9-7-11-3-5-12(19-2)6-4-11/h3-6,13H,7-10,15H2,1-2H3,(H,16,17). The van der Waals surface area contributed by atoms with E-state index in [1.807, 2.05) is 24.3 Å². The van der Waals surface area contributed by atoms with E-state index >= 15 is 0 Å². The highest BCUT2D eigenvalue weighted by atomic mass is 16.5. The Bertz CT molecular complexity index is 379. The lowest BCUT2D eigenvalue weighted by Crippen LogP contribution is -2.41. The summed E-state index contributed by atoms with van der Waals surface area (Å²) >= 11 is 0. The Kier molecular flexibility index (Phi) is 6.92. The summed E-state index contributed by atoms with van der Waals surface area (Å²) in [5.41, 5.74) is 6.86. The summed E-state index contributed by atoms with van der Waals surface area (Å²) in [6, 6.07) is 7.27. The second-order valence-corrected chi connectivity index (χ2v) is 4.28. The van der Waals surface area contributed by atoms with Crippen LogP contribution in [0.15, 0.2) is 24.3 Å². The van der Waals surface area contributed by atoms with Gasteiger partial charge in [0, 0.05) is 20.3 Å². The molecule has 1 aromatic rings. The number of ether oxygens (including phenoxy) is 2. The average Bonchev–Trinajstić information content (AvgIpc) is 2.45. The molecule has 0 radical (unpaired) electrons. The second-order valence-electron chi connectivity index (χ2n) is 4.28. The quantitative estimate of drug-likeness (QED) is 0.727. The third-order valence-electron chi connectivity index (χ3n) is 2.84. The maximum atomic E-state index is 11.6. The van der Waals surface area contributed by atoms with Crippen LogP contribution in [0.25, 0.3) is 0 Å². The number of carbonyl (C=O) groups excluding carboxylic acids is 1. The van der Waals surface area contributed by atoms with Gasteiger partial charge >= 0.3 is 0 Å².